The second-order valence-electron chi connectivity index (χ2n) is 3.70. The van der Waals surface area contributed by atoms with E-state index in [4.69, 9.17) is 11.6 Å². The third kappa shape index (κ3) is 2.97. The van der Waals surface area contributed by atoms with E-state index in [1.165, 1.54) is 24.3 Å². The van der Waals surface area contributed by atoms with Gasteiger partial charge in [0.25, 0.3) is 10.0 Å². The molecule has 0 saturated heterocycles. The fraction of sp³-hybridized carbons (Fsp3) is 0. The molecule has 7 heteroatoms. The van der Waals surface area contributed by atoms with E-state index in [1.807, 2.05) is 0 Å². The van der Waals surface area contributed by atoms with E-state index in [9.17, 15) is 17.9 Å². The number of benzene rings is 2. The summed E-state index contributed by atoms with van der Waals surface area (Å²) in [6, 6.07) is 8.83. The Kier molecular flexibility index (Phi) is 3.64. The molecule has 4 nitrogen and oxygen atoms in total. The summed E-state index contributed by atoms with van der Waals surface area (Å²) in [6.45, 7) is 0. The number of hydrogen-bond acceptors (Lipinski definition) is 3. The minimum Gasteiger partial charge on any atom is -0.506 e. The van der Waals surface area contributed by atoms with Crippen molar-refractivity contribution in [3.05, 3.63) is 53.3 Å². The van der Waals surface area contributed by atoms with Gasteiger partial charge in [0.2, 0.25) is 0 Å². The van der Waals surface area contributed by atoms with Crippen LogP contribution >= 0.6 is 11.6 Å². The van der Waals surface area contributed by atoms with Crippen molar-refractivity contribution in [3.63, 3.8) is 0 Å². The molecule has 2 aromatic carbocycles. The Morgan fingerprint density at radius 3 is 2.47 bits per heavy atom. The van der Waals surface area contributed by atoms with Gasteiger partial charge in [0.15, 0.2) is 0 Å². The van der Waals surface area contributed by atoms with Gasteiger partial charge in [0.1, 0.15) is 16.5 Å². The maximum absolute atomic E-state index is 13.4. The lowest BCUT2D eigenvalue weighted by Crippen LogP contribution is -2.14. The van der Waals surface area contributed by atoms with Gasteiger partial charge in [-0.1, -0.05) is 23.7 Å². The molecule has 0 heterocycles. The van der Waals surface area contributed by atoms with Gasteiger partial charge in [0.05, 0.1) is 10.7 Å². The highest BCUT2D eigenvalue weighted by atomic mass is 35.5. The Morgan fingerprint density at radius 1 is 1.16 bits per heavy atom. The number of phenols is 1. The second kappa shape index (κ2) is 5.07. The van der Waals surface area contributed by atoms with Crippen molar-refractivity contribution in [2.24, 2.45) is 0 Å². The van der Waals surface area contributed by atoms with Crippen molar-refractivity contribution >= 4 is 27.3 Å². The highest BCUT2D eigenvalue weighted by molar-refractivity contribution is 7.92. The van der Waals surface area contributed by atoms with Crippen LogP contribution in [0.15, 0.2) is 47.4 Å². The van der Waals surface area contributed by atoms with Crippen molar-refractivity contribution in [2.45, 2.75) is 4.90 Å². The summed E-state index contributed by atoms with van der Waals surface area (Å²) in [5.41, 5.74) is 0.0881. The predicted molar refractivity (Wildman–Crippen MR) is 70.3 cm³/mol. The summed E-state index contributed by atoms with van der Waals surface area (Å²) in [7, 11) is -4.05. The van der Waals surface area contributed by atoms with E-state index in [1.54, 1.807) is 0 Å². The number of halogens is 2. The molecular weight excluding hydrogens is 293 g/mol. The van der Waals surface area contributed by atoms with E-state index in [2.05, 4.69) is 4.72 Å². The lowest BCUT2D eigenvalue weighted by atomic mass is 10.3. The van der Waals surface area contributed by atoms with Gasteiger partial charge < -0.3 is 5.11 Å². The minimum absolute atomic E-state index is 0.0881. The van der Waals surface area contributed by atoms with Gasteiger partial charge in [-0.25, -0.2) is 12.8 Å². The topological polar surface area (TPSA) is 66.4 Å². The Labute approximate surface area is 114 Å². The Balaban J connectivity index is 2.37. The van der Waals surface area contributed by atoms with Crippen molar-refractivity contribution in [1.82, 2.24) is 0 Å². The van der Waals surface area contributed by atoms with Crippen LogP contribution in [0.5, 0.6) is 5.75 Å². The van der Waals surface area contributed by atoms with E-state index in [-0.39, 0.29) is 16.5 Å². The van der Waals surface area contributed by atoms with Gasteiger partial charge in [-0.15, -0.1) is 0 Å². The molecule has 0 spiro atoms. The van der Waals surface area contributed by atoms with E-state index in [0.29, 0.717) is 0 Å². The normalized spacial score (nSPS) is 11.3. The molecule has 0 saturated carbocycles. The molecule has 0 aliphatic carbocycles. The fourth-order valence-electron chi connectivity index (χ4n) is 1.45. The van der Waals surface area contributed by atoms with Gasteiger partial charge in [0, 0.05) is 6.07 Å². The quantitative estimate of drug-likeness (QED) is 0.916. The predicted octanol–water partition coefficient (Wildman–Crippen LogP) is 2.99. The number of sulfonamides is 1. The fourth-order valence-corrected chi connectivity index (χ4v) is 2.70. The SMILES string of the molecule is O=S(=O)(Nc1ccc(Cl)c(O)c1)c1ccccc1F. The minimum atomic E-state index is -4.05. The summed E-state index contributed by atoms with van der Waals surface area (Å²) in [5, 5.41) is 9.47. The summed E-state index contributed by atoms with van der Waals surface area (Å²) < 4.78 is 39.5. The zero-order valence-corrected chi connectivity index (χ0v) is 11.0. The van der Waals surface area contributed by atoms with Crippen molar-refractivity contribution in [1.29, 1.82) is 0 Å². The molecule has 0 atom stereocenters. The average molecular weight is 302 g/mol. The second-order valence-corrected chi connectivity index (χ2v) is 5.76. The molecule has 0 radical (unpaired) electrons. The number of anilines is 1. The first-order chi connectivity index (χ1) is 8.90. The summed E-state index contributed by atoms with van der Waals surface area (Å²) in [4.78, 5) is -0.468. The standard InChI is InChI=1S/C12H9ClFNO3S/c13-9-6-5-8(7-11(9)16)15-19(17,18)12-4-2-1-3-10(12)14/h1-7,15-16H. The first kappa shape index (κ1) is 13.6. The first-order valence-corrected chi connectivity index (χ1v) is 7.02. The molecule has 0 unspecified atom stereocenters. The number of nitrogens with one attached hydrogen (secondary N) is 1. The van der Waals surface area contributed by atoms with Crippen molar-refractivity contribution in [2.75, 3.05) is 4.72 Å². The zero-order chi connectivity index (χ0) is 14.0. The lowest BCUT2D eigenvalue weighted by molar-refractivity contribution is 0.476. The van der Waals surface area contributed by atoms with Crippen LogP contribution in [0.4, 0.5) is 10.1 Å². The molecule has 2 aromatic rings. The number of hydrogen-bond donors (Lipinski definition) is 2. The van der Waals surface area contributed by atoms with Crippen LogP contribution in [0.25, 0.3) is 0 Å². The molecule has 2 rings (SSSR count). The largest absolute Gasteiger partial charge is 0.506 e. The average Bonchev–Trinajstić information content (AvgIpc) is 2.34. The molecule has 0 bridgehead atoms. The van der Waals surface area contributed by atoms with Crippen LogP contribution in [0.1, 0.15) is 0 Å². The Hall–Kier alpha value is -1.79. The third-order valence-corrected chi connectivity index (χ3v) is 4.06. The van der Waals surface area contributed by atoms with E-state index in [0.717, 1.165) is 18.2 Å². The summed E-state index contributed by atoms with van der Waals surface area (Å²) in [5.74, 6) is -1.12. The highest BCUT2D eigenvalue weighted by Crippen LogP contribution is 2.27. The molecule has 0 aliphatic rings. The molecule has 0 aliphatic heterocycles. The van der Waals surface area contributed by atoms with Crippen molar-refractivity contribution < 1.29 is 17.9 Å². The number of rotatable bonds is 3. The van der Waals surface area contributed by atoms with Crippen LogP contribution in [0.2, 0.25) is 5.02 Å². The maximum atomic E-state index is 13.4. The van der Waals surface area contributed by atoms with Crippen molar-refractivity contribution in [3.8, 4) is 5.75 Å². The molecule has 100 valence electrons. The summed E-state index contributed by atoms with van der Waals surface area (Å²) in [6.07, 6.45) is 0. The van der Waals surface area contributed by atoms with Crippen LogP contribution < -0.4 is 4.72 Å². The van der Waals surface area contributed by atoms with Gasteiger partial charge in [-0.2, -0.15) is 0 Å². The van der Waals surface area contributed by atoms with Gasteiger partial charge in [-0.3, -0.25) is 4.72 Å². The van der Waals surface area contributed by atoms with E-state index < -0.39 is 20.7 Å². The smallest absolute Gasteiger partial charge is 0.264 e. The van der Waals surface area contributed by atoms with Crippen LogP contribution in [0.3, 0.4) is 0 Å². The molecular formula is C12H9ClFNO3S. The molecule has 0 fully saturated rings. The lowest BCUT2D eigenvalue weighted by Gasteiger charge is -2.09. The molecule has 2 N–H and O–H groups in total. The van der Waals surface area contributed by atoms with Crippen LogP contribution in [-0.4, -0.2) is 13.5 Å². The zero-order valence-electron chi connectivity index (χ0n) is 9.47. The third-order valence-electron chi connectivity index (χ3n) is 2.32. The molecule has 0 amide bonds. The van der Waals surface area contributed by atoms with Crippen LogP contribution in [0, 0.1) is 5.82 Å². The number of phenolic OH excluding ortho intramolecular Hbond substituents is 1. The number of aromatic hydroxyl groups is 1. The summed E-state index contributed by atoms with van der Waals surface area (Å²) >= 11 is 5.61. The monoisotopic (exact) mass is 301 g/mol. The van der Waals surface area contributed by atoms with E-state index >= 15 is 0 Å². The van der Waals surface area contributed by atoms with Gasteiger partial charge in [-0.05, 0) is 24.3 Å². The van der Waals surface area contributed by atoms with Gasteiger partial charge >= 0.3 is 0 Å². The molecule has 19 heavy (non-hydrogen) atoms. The Bertz CT molecular complexity index is 719. The maximum Gasteiger partial charge on any atom is 0.264 e. The highest BCUT2D eigenvalue weighted by Gasteiger charge is 2.18. The van der Waals surface area contributed by atoms with Crippen LogP contribution in [-0.2, 0) is 10.0 Å². The molecule has 0 aromatic heterocycles. The Morgan fingerprint density at radius 2 is 1.84 bits per heavy atom. The first-order valence-electron chi connectivity index (χ1n) is 5.16.